The minimum absolute atomic E-state index is 0.0297. The average molecular weight is 450 g/mol. The Morgan fingerprint density at radius 2 is 1.84 bits per heavy atom. The molecule has 4 rings (SSSR count). The minimum atomic E-state index is -0.132. The van der Waals surface area contributed by atoms with Gasteiger partial charge in [-0.25, -0.2) is 0 Å². The second-order valence-corrected chi connectivity index (χ2v) is 8.83. The fourth-order valence-electron chi connectivity index (χ4n) is 4.03. The molecule has 2 aromatic carbocycles. The number of anilines is 2. The van der Waals surface area contributed by atoms with Crippen LogP contribution in [0.1, 0.15) is 28.1 Å². The summed E-state index contributed by atoms with van der Waals surface area (Å²) in [5.41, 5.74) is 2.63. The quantitative estimate of drug-likeness (QED) is 0.525. The molecule has 32 heavy (non-hydrogen) atoms. The summed E-state index contributed by atoms with van der Waals surface area (Å²) in [7, 11) is 1.68. The van der Waals surface area contributed by atoms with Crippen LogP contribution in [0.2, 0.25) is 0 Å². The maximum absolute atomic E-state index is 12.6. The monoisotopic (exact) mass is 449 g/mol. The summed E-state index contributed by atoms with van der Waals surface area (Å²) in [6.45, 7) is 1.29. The van der Waals surface area contributed by atoms with Gasteiger partial charge in [-0.2, -0.15) is 0 Å². The number of likely N-dealkylation sites (tertiary alicyclic amines) is 1. The number of hydrogen-bond donors (Lipinski definition) is 2. The van der Waals surface area contributed by atoms with E-state index in [4.69, 9.17) is 4.74 Å². The van der Waals surface area contributed by atoms with Crippen molar-refractivity contribution >= 4 is 34.5 Å². The van der Waals surface area contributed by atoms with E-state index in [1.165, 1.54) is 16.9 Å². The molecular weight excluding hydrogens is 422 g/mol. The zero-order chi connectivity index (χ0) is 22.3. The van der Waals surface area contributed by atoms with Crippen LogP contribution in [0.15, 0.2) is 66.0 Å². The SMILES string of the molecule is COc1cccc(CC2CCCN2CC(=O)Nc2ccc(NC(=O)c3cccs3)cc2)c1. The standard InChI is InChI=1S/C25H27N3O3S/c1-31-22-7-2-5-18(16-22)15-21-6-3-13-28(21)17-24(29)26-19-9-11-20(12-10-19)27-25(30)23-8-4-14-32-23/h2,4-5,7-12,14,16,21H,3,6,13,15,17H2,1H3,(H,26,29)(H,27,30). The molecule has 0 radical (unpaired) electrons. The van der Waals surface area contributed by atoms with Gasteiger partial charge >= 0.3 is 0 Å². The van der Waals surface area contributed by atoms with E-state index < -0.39 is 0 Å². The van der Waals surface area contributed by atoms with Crippen molar-refractivity contribution in [2.24, 2.45) is 0 Å². The fourth-order valence-corrected chi connectivity index (χ4v) is 4.65. The predicted molar refractivity (Wildman–Crippen MR) is 129 cm³/mol. The highest BCUT2D eigenvalue weighted by molar-refractivity contribution is 7.12. The van der Waals surface area contributed by atoms with Crippen molar-refractivity contribution in [3.8, 4) is 5.75 Å². The number of benzene rings is 2. The summed E-state index contributed by atoms with van der Waals surface area (Å²) in [4.78, 5) is 27.7. The molecule has 2 amide bonds. The molecule has 1 saturated heterocycles. The molecule has 6 nitrogen and oxygen atoms in total. The van der Waals surface area contributed by atoms with Gasteiger partial charge in [0.25, 0.3) is 5.91 Å². The van der Waals surface area contributed by atoms with E-state index >= 15 is 0 Å². The third-order valence-electron chi connectivity index (χ3n) is 5.62. The molecule has 1 atom stereocenters. The third kappa shape index (κ3) is 5.75. The van der Waals surface area contributed by atoms with Crippen molar-refractivity contribution in [3.05, 3.63) is 76.5 Å². The molecule has 0 aliphatic carbocycles. The summed E-state index contributed by atoms with van der Waals surface area (Å²) in [6, 6.07) is 19.3. The zero-order valence-corrected chi connectivity index (χ0v) is 18.9. The van der Waals surface area contributed by atoms with Crippen LogP contribution >= 0.6 is 11.3 Å². The Balaban J connectivity index is 1.29. The van der Waals surface area contributed by atoms with E-state index in [0.29, 0.717) is 28.8 Å². The van der Waals surface area contributed by atoms with Gasteiger partial charge in [0.1, 0.15) is 5.75 Å². The number of carbonyl (C=O) groups excluding carboxylic acids is 2. The molecule has 1 aromatic heterocycles. The van der Waals surface area contributed by atoms with Crippen molar-refractivity contribution in [3.63, 3.8) is 0 Å². The molecule has 0 saturated carbocycles. The molecule has 1 fully saturated rings. The number of nitrogens with zero attached hydrogens (tertiary/aromatic N) is 1. The molecule has 7 heteroatoms. The number of thiophene rings is 1. The molecule has 2 N–H and O–H groups in total. The molecular formula is C25H27N3O3S. The zero-order valence-electron chi connectivity index (χ0n) is 18.0. The number of rotatable bonds is 8. The molecule has 2 heterocycles. The Morgan fingerprint density at radius 3 is 2.56 bits per heavy atom. The minimum Gasteiger partial charge on any atom is -0.497 e. The first-order chi connectivity index (χ1) is 15.6. The molecule has 0 bridgehead atoms. The Kier molecular flexibility index (Phi) is 7.19. The lowest BCUT2D eigenvalue weighted by Crippen LogP contribution is -2.37. The first-order valence-electron chi connectivity index (χ1n) is 10.7. The van der Waals surface area contributed by atoms with Crippen LogP contribution in [0.25, 0.3) is 0 Å². The second-order valence-electron chi connectivity index (χ2n) is 7.88. The highest BCUT2D eigenvalue weighted by atomic mass is 32.1. The molecule has 1 aliphatic rings. The van der Waals surface area contributed by atoms with Crippen molar-refractivity contribution in [2.45, 2.75) is 25.3 Å². The van der Waals surface area contributed by atoms with Gasteiger partial charge in [0.15, 0.2) is 0 Å². The van der Waals surface area contributed by atoms with Gasteiger partial charge in [0.05, 0.1) is 18.5 Å². The highest BCUT2D eigenvalue weighted by Crippen LogP contribution is 2.23. The lowest BCUT2D eigenvalue weighted by Gasteiger charge is -2.24. The summed E-state index contributed by atoms with van der Waals surface area (Å²) < 4.78 is 5.33. The number of methoxy groups -OCH3 is 1. The van der Waals surface area contributed by atoms with Crippen LogP contribution in [0.3, 0.4) is 0 Å². The van der Waals surface area contributed by atoms with Crippen molar-refractivity contribution in [2.75, 3.05) is 30.8 Å². The van der Waals surface area contributed by atoms with Gasteiger partial charge in [0.2, 0.25) is 5.91 Å². The van der Waals surface area contributed by atoms with Crippen molar-refractivity contribution in [1.29, 1.82) is 0 Å². The Hall–Kier alpha value is -3.16. The topological polar surface area (TPSA) is 70.7 Å². The Bertz CT molecular complexity index is 1050. The van der Waals surface area contributed by atoms with Crippen molar-refractivity contribution in [1.82, 2.24) is 4.90 Å². The van der Waals surface area contributed by atoms with E-state index in [1.807, 2.05) is 23.6 Å². The van der Waals surface area contributed by atoms with Gasteiger partial charge in [-0.1, -0.05) is 18.2 Å². The Morgan fingerprint density at radius 1 is 1.06 bits per heavy atom. The lowest BCUT2D eigenvalue weighted by molar-refractivity contribution is -0.117. The highest BCUT2D eigenvalue weighted by Gasteiger charge is 2.26. The number of nitrogens with one attached hydrogen (secondary N) is 2. The molecule has 0 spiro atoms. The largest absolute Gasteiger partial charge is 0.497 e. The van der Waals surface area contributed by atoms with Crippen LogP contribution in [-0.2, 0) is 11.2 Å². The first-order valence-corrected chi connectivity index (χ1v) is 11.6. The van der Waals surface area contributed by atoms with Gasteiger partial charge in [0, 0.05) is 17.4 Å². The van der Waals surface area contributed by atoms with Crippen LogP contribution in [0.4, 0.5) is 11.4 Å². The summed E-state index contributed by atoms with van der Waals surface area (Å²) >= 11 is 1.40. The van der Waals surface area contributed by atoms with Gasteiger partial charge in [-0.3, -0.25) is 14.5 Å². The second kappa shape index (κ2) is 10.4. The summed E-state index contributed by atoms with van der Waals surface area (Å²) in [5, 5.41) is 7.70. The normalized spacial score (nSPS) is 16.0. The van der Waals surface area contributed by atoms with Crippen LogP contribution in [0.5, 0.6) is 5.75 Å². The van der Waals surface area contributed by atoms with Crippen LogP contribution in [0, 0.1) is 0 Å². The number of ether oxygens (including phenoxy) is 1. The molecule has 1 unspecified atom stereocenters. The molecule has 1 aliphatic heterocycles. The predicted octanol–water partition coefficient (Wildman–Crippen LogP) is 4.65. The van der Waals surface area contributed by atoms with E-state index in [1.54, 1.807) is 37.4 Å². The van der Waals surface area contributed by atoms with E-state index in [2.05, 4.69) is 27.7 Å². The van der Waals surface area contributed by atoms with Crippen molar-refractivity contribution < 1.29 is 14.3 Å². The fraction of sp³-hybridized carbons (Fsp3) is 0.280. The van der Waals surface area contributed by atoms with E-state index in [-0.39, 0.29) is 11.8 Å². The van der Waals surface area contributed by atoms with Gasteiger partial charge in [-0.15, -0.1) is 11.3 Å². The number of carbonyl (C=O) groups is 2. The Labute approximate surface area is 192 Å². The van der Waals surface area contributed by atoms with Crippen LogP contribution < -0.4 is 15.4 Å². The van der Waals surface area contributed by atoms with Gasteiger partial charge in [-0.05, 0) is 79.2 Å². The van der Waals surface area contributed by atoms with E-state index in [9.17, 15) is 9.59 Å². The maximum atomic E-state index is 12.6. The van der Waals surface area contributed by atoms with E-state index in [0.717, 1.165) is 31.6 Å². The third-order valence-corrected chi connectivity index (χ3v) is 6.49. The van der Waals surface area contributed by atoms with Crippen LogP contribution in [-0.4, -0.2) is 43.0 Å². The smallest absolute Gasteiger partial charge is 0.265 e. The first kappa shape index (κ1) is 22.0. The lowest BCUT2D eigenvalue weighted by atomic mass is 10.0. The number of amides is 2. The number of hydrogen-bond acceptors (Lipinski definition) is 5. The summed E-state index contributed by atoms with van der Waals surface area (Å²) in [6.07, 6.45) is 3.09. The maximum Gasteiger partial charge on any atom is 0.265 e. The van der Waals surface area contributed by atoms with Gasteiger partial charge < -0.3 is 15.4 Å². The molecule has 3 aromatic rings. The average Bonchev–Trinajstić information content (AvgIpc) is 3.48. The molecule has 166 valence electrons. The summed E-state index contributed by atoms with van der Waals surface area (Å²) in [5.74, 6) is 0.700.